The van der Waals surface area contributed by atoms with E-state index in [1.54, 1.807) is 0 Å². The van der Waals surface area contributed by atoms with Crippen molar-refractivity contribution in [1.29, 1.82) is 0 Å². The number of alkyl halides is 1. The Morgan fingerprint density at radius 2 is 2.05 bits per heavy atom. The molecular weight excluding hydrogens is 377 g/mol. The van der Waals surface area contributed by atoms with Crippen molar-refractivity contribution in [3.63, 3.8) is 0 Å². The smallest absolute Gasteiger partial charge is 0.240 e. The van der Waals surface area contributed by atoms with Crippen molar-refractivity contribution in [3.05, 3.63) is 27.7 Å². The summed E-state index contributed by atoms with van der Waals surface area (Å²) in [5.74, 6) is 0.435. The molecule has 4 nitrogen and oxygen atoms in total. The van der Waals surface area contributed by atoms with E-state index in [-0.39, 0.29) is 4.90 Å². The fourth-order valence-electron chi connectivity index (χ4n) is 1.26. The highest BCUT2D eigenvalue weighted by Crippen LogP contribution is 2.25. The Morgan fingerprint density at radius 3 is 2.68 bits per heavy atom. The van der Waals surface area contributed by atoms with E-state index in [9.17, 15) is 8.42 Å². The quantitative estimate of drug-likeness (QED) is 0.548. The molecule has 0 unspecified atom stereocenters. The van der Waals surface area contributed by atoms with Gasteiger partial charge < -0.3 is 4.74 Å². The maximum Gasteiger partial charge on any atom is 0.240 e. The van der Waals surface area contributed by atoms with Gasteiger partial charge in [-0.15, -0.1) is 11.6 Å². The minimum absolute atomic E-state index is 0.172. The van der Waals surface area contributed by atoms with Crippen LogP contribution >= 0.6 is 39.1 Å². The number of hydrogen-bond donors (Lipinski definition) is 1. The lowest BCUT2D eigenvalue weighted by atomic mass is 10.4. The second-order valence-corrected chi connectivity index (χ2v) is 7.04. The van der Waals surface area contributed by atoms with Crippen LogP contribution < -0.4 is 4.72 Å². The van der Waals surface area contributed by atoms with Crippen LogP contribution in [0.25, 0.3) is 0 Å². The molecule has 0 fully saturated rings. The van der Waals surface area contributed by atoms with Crippen LogP contribution in [0.1, 0.15) is 6.42 Å². The third-order valence-electron chi connectivity index (χ3n) is 2.18. The summed E-state index contributed by atoms with van der Waals surface area (Å²) in [5, 5.41) is 0.466. The summed E-state index contributed by atoms with van der Waals surface area (Å²) in [4.78, 5) is 0.172. The van der Waals surface area contributed by atoms with Crippen LogP contribution in [-0.4, -0.2) is 34.1 Å². The topological polar surface area (TPSA) is 55.4 Å². The van der Waals surface area contributed by atoms with Crippen molar-refractivity contribution >= 4 is 49.2 Å². The van der Waals surface area contributed by atoms with Crippen molar-refractivity contribution < 1.29 is 13.2 Å². The minimum Gasteiger partial charge on any atom is -0.380 e. The van der Waals surface area contributed by atoms with Crippen LogP contribution in [-0.2, 0) is 14.8 Å². The summed E-state index contributed by atoms with van der Waals surface area (Å²) in [5.41, 5.74) is 0. The molecule has 0 spiro atoms. The number of nitrogens with one attached hydrogen (secondary N) is 1. The lowest BCUT2D eigenvalue weighted by Crippen LogP contribution is -2.25. The Balaban J connectivity index is 2.49. The van der Waals surface area contributed by atoms with Crippen LogP contribution in [0.15, 0.2) is 27.6 Å². The first-order valence-corrected chi connectivity index (χ1v) is 8.74. The second-order valence-electron chi connectivity index (χ2n) is 3.63. The van der Waals surface area contributed by atoms with Crippen molar-refractivity contribution in [3.8, 4) is 0 Å². The standard InChI is InChI=1S/C11H14BrCl2NO3S/c12-10-8-9(2-3-11(10)14)19(16,17)15-5-1-6-18-7-4-13/h2-3,8,15H,1,4-7H2. The molecule has 1 aromatic carbocycles. The van der Waals surface area contributed by atoms with Gasteiger partial charge in [0.15, 0.2) is 0 Å². The van der Waals surface area contributed by atoms with Crippen LogP contribution in [0.5, 0.6) is 0 Å². The first-order chi connectivity index (χ1) is 8.97. The van der Waals surface area contributed by atoms with E-state index in [1.165, 1.54) is 18.2 Å². The number of hydrogen-bond acceptors (Lipinski definition) is 3. The van der Waals surface area contributed by atoms with Gasteiger partial charge in [-0.25, -0.2) is 13.1 Å². The molecule has 0 heterocycles. The number of halogens is 3. The van der Waals surface area contributed by atoms with Crippen molar-refractivity contribution in [2.24, 2.45) is 0 Å². The molecule has 0 radical (unpaired) electrons. The average Bonchev–Trinajstić information content (AvgIpc) is 2.36. The van der Waals surface area contributed by atoms with E-state index in [4.69, 9.17) is 27.9 Å². The van der Waals surface area contributed by atoms with Crippen LogP contribution in [0, 0.1) is 0 Å². The van der Waals surface area contributed by atoms with Gasteiger partial charge in [-0.3, -0.25) is 0 Å². The molecule has 108 valence electrons. The van der Waals surface area contributed by atoms with Crippen LogP contribution in [0.4, 0.5) is 0 Å². The van der Waals surface area contributed by atoms with Gasteiger partial charge >= 0.3 is 0 Å². The largest absolute Gasteiger partial charge is 0.380 e. The molecule has 0 saturated carbocycles. The fraction of sp³-hybridized carbons (Fsp3) is 0.455. The predicted molar refractivity (Wildman–Crippen MR) is 80.5 cm³/mol. The molecule has 1 aromatic rings. The first-order valence-electron chi connectivity index (χ1n) is 5.56. The maximum atomic E-state index is 11.9. The Morgan fingerprint density at radius 1 is 1.32 bits per heavy atom. The maximum absolute atomic E-state index is 11.9. The highest BCUT2D eigenvalue weighted by Gasteiger charge is 2.14. The van der Waals surface area contributed by atoms with Crippen LogP contribution in [0.3, 0.4) is 0 Å². The zero-order valence-corrected chi connectivity index (χ0v) is 13.9. The predicted octanol–water partition coefficient (Wildman–Crippen LogP) is 3.03. The summed E-state index contributed by atoms with van der Waals surface area (Å²) in [6, 6.07) is 4.46. The van der Waals surface area contributed by atoms with Gasteiger partial charge in [-0.2, -0.15) is 0 Å². The molecule has 0 bridgehead atoms. The van der Waals surface area contributed by atoms with E-state index >= 15 is 0 Å². The average molecular weight is 391 g/mol. The molecule has 8 heteroatoms. The molecule has 19 heavy (non-hydrogen) atoms. The number of ether oxygens (including phenoxy) is 1. The Labute approximate surface area is 131 Å². The molecule has 0 atom stereocenters. The summed E-state index contributed by atoms with van der Waals surface area (Å²) in [7, 11) is -3.51. The van der Waals surface area contributed by atoms with Crippen molar-refractivity contribution in [2.75, 3.05) is 25.6 Å². The van der Waals surface area contributed by atoms with Gasteiger partial charge in [0.25, 0.3) is 0 Å². The van der Waals surface area contributed by atoms with Gasteiger partial charge in [0.1, 0.15) is 0 Å². The monoisotopic (exact) mass is 389 g/mol. The zero-order chi connectivity index (χ0) is 14.3. The third kappa shape index (κ3) is 5.97. The summed E-state index contributed by atoms with van der Waals surface area (Å²) < 4.78 is 32.1. The number of rotatable bonds is 8. The molecule has 1 N–H and O–H groups in total. The molecule has 1 rings (SSSR count). The van der Waals surface area contributed by atoms with E-state index < -0.39 is 10.0 Å². The van der Waals surface area contributed by atoms with Gasteiger partial charge in [0.2, 0.25) is 10.0 Å². The van der Waals surface area contributed by atoms with Gasteiger partial charge in [-0.05, 0) is 40.5 Å². The van der Waals surface area contributed by atoms with E-state index in [2.05, 4.69) is 20.7 Å². The lowest BCUT2D eigenvalue weighted by Gasteiger charge is -2.08. The van der Waals surface area contributed by atoms with Gasteiger partial charge in [-0.1, -0.05) is 11.6 Å². The van der Waals surface area contributed by atoms with E-state index in [0.717, 1.165) is 0 Å². The van der Waals surface area contributed by atoms with Crippen LogP contribution in [0.2, 0.25) is 5.02 Å². The number of benzene rings is 1. The SMILES string of the molecule is O=S(=O)(NCCCOCCCl)c1ccc(Cl)c(Br)c1. The molecule has 0 aliphatic heterocycles. The molecule has 0 amide bonds. The normalized spacial score (nSPS) is 11.7. The van der Waals surface area contributed by atoms with Crippen molar-refractivity contribution in [2.45, 2.75) is 11.3 Å². The fourth-order valence-corrected chi connectivity index (χ4v) is 3.12. The summed E-state index contributed by atoms with van der Waals surface area (Å²) in [6.07, 6.45) is 0.588. The Kier molecular flexibility index (Phi) is 7.64. The molecule has 0 aromatic heterocycles. The number of sulfonamides is 1. The molecule has 0 aliphatic rings. The highest BCUT2D eigenvalue weighted by atomic mass is 79.9. The van der Waals surface area contributed by atoms with E-state index in [1.807, 2.05) is 0 Å². The van der Waals surface area contributed by atoms with Gasteiger partial charge in [0.05, 0.1) is 16.5 Å². The van der Waals surface area contributed by atoms with Crippen molar-refractivity contribution in [1.82, 2.24) is 4.72 Å². The van der Waals surface area contributed by atoms with Gasteiger partial charge in [0, 0.05) is 23.5 Å². The zero-order valence-electron chi connectivity index (χ0n) is 10.0. The second kappa shape index (κ2) is 8.44. The highest BCUT2D eigenvalue weighted by molar-refractivity contribution is 9.10. The Hall–Kier alpha value is 0.150. The summed E-state index contributed by atoms with van der Waals surface area (Å²) in [6.45, 7) is 1.25. The Bertz CT molecular complexity index is 511. The molecule has 0 aliphatic carbocycles. The van der Waals surface area contributed by atoms with E-state index in [0.29, 0.717) is 41.6 Å². The lowest BCUT2D eigenvalue weighted by molar-refractivity contribution is 0.147. The molecular formula is C11H14BrCl2NO3S. The molecule has 0 saturated heterocycles. The third-order valence-corrected chi connectivity index (χ3v) is 5.01. The minimum atomic E-state index is -3.51. The summed E-state index contributed by atoms with van der Waals surface area (Å²) >= 11 is 14.5. The first kappa shape index (κ1) is 17.2.